The summed E-state index contributed by atoms with van der Waals surface area (Å²) in [5.74, 6) is 0.895. The van der Waals surface area contributed by atoms with E-state index in [9.17, 15) is 9.59 Å². The number of carbonyl (C=O) groups is 2. The SMILES string of the molecule is CCN(CC(=O)N1CCCNCC1)C(=O)OCCS(C)(C)C. The fraction of sp³-hybridized carbons (Fsp3) is 0.867. The highest BCUT2D eigenvalue weighted by Crippen LogP contribution is 2.33. The molecule has 6 nitrogen and oxygen atoms in total. The number of amides is 2. The van der Waals surface area contributed by atoms with E-state index in [0.717, 1.165) is 31.8 Å². The molecule has 1 rings (SSSR count). The average molecular weight is 333 g/mol. The van der Waals surface area contributed by atoms with Crippen molar-refractivity contribution in [2.24, 2.45) is 0 Å². The first-order valence-electron chi connectivity index (χ1n) is 7.89. The fourth-order valence-electron chi connectivity index (χ4n) is 2.13. The van der Waals surface area contributed by atoms with Crippen molar-refractivity contribution in [3.8, 4) is 0 Å². The summed E-state index contributed by atoms with van der Waals surface area (Å²) in [5, 5.41) is 3.27. The molecule has 2 amide bonds. The Balaban J connectivity index is 2.42. The van der Waals surface area contributed by atoms with Crippen LogP contribution in [0, 0.1) is 0 Å². The number of rotatable bonds is 6. The van der Waals surface area contributed by atoms with Crippen molar-refractivity contribution in [1.29, 1.82) is 0 Å². The molecule has 22 heavy (non-hydrogen) atoms. The van der Waals surface area contributed by atoms with Crippen molar-refractivity contribution in [3.05, 3.63) is 0 Å². The lowest BCUT2D eigenvalue weighted by Crippen LogP contribution is -2.44. The van der Waals surface area contributed by atoms with Crippen LogP contribution in [0.5, 0.6) is 0 Å². The maximum Gasteiger partial charge on any atom is 0.410 e. The molecule has 0 radical (unpaired) electrons. The monoisotopic (exact) mass is 333 g/mol. The van der Waals surface area contributed by atoms with Crippen molar-refractivity contribution in [1.82, 2.24) is 15.1 Å². The zero-order chi connectivity index (χ0) is 16.6. The third kappa shape index (κ3) is 7.35. The van der Waals surface area contributed by atoms with Gasteiger partial charge in [0.25, 0.3) is 0 Å². The summed E-state index contributed by atoms with van der Waals surface area (Å²) in [6, 6.07) is 0. The highest BCUT2D eigenvalue weighted by atomic mass is 32.3. The Hall–Kier alpha value is -0.950. The molecule has 0 aliphatic carbocycles. The molecular formula is C15H31N3O3S. The first kappa shape index (κ1) is 19.1. The molecule has 0 saturated carbocycles. The molecule has 1 aliphatic rings. The maximum absolute atomic E-state index is 12.3. The van der Waals surface area contributed by atoms with Gasteiger partial charge in [-0.3, -0.25) is 9.69 Å². The number of ether oxygens (including phenoxy) is 1. The predicted octanol–water partition coefficient (Wildman–Crippen LogP) is 0.961. The molecule has 1 aliphatic heterocycles. The molecule has 0 unspecified atom stereocenters. The molecule has 0 atom stereocenters. The Morgan fingerprint density at radius 1 is 1.23 bits per heavy atom. The van der Waals surface area contributed by atoms with Crippen LogP contribution >= 0.6 is 10.0 Å². The van der Waals surface area contributed by atoms with Crippen LogP contribution in [0.25, 0.3) is 0 Å². The quantitative estimate of drug-likeness (QED) is 0.786. The highest BCUT2D eigenvalue weighted by Gasteiger charge is 2.21. The van der Waals surface area contributed by atoms with Crippen LogP contribution in [0.1, 0.15) is 13.3 Å². The predicted molar refractivity (Wildman–Crippen MR) is 92.9 cm³/mol. The zero-order valence-electron chi connectivity index (χ0n) is 14.4. The van der Waals surface area contributed by atoms with Crippen molar-refractivity contribution < 1.29 is 14.3 Å². The first-order chi connectivity index (χ1) is 10.3. The van der Waals surface area contributed by atoms with Gasteiger partial charge >= 0.3 is 6.09 Å². The third-order valence-corrected chi connectivity index (χ3v) is 4.97. The van der Waals surface area contributed by atoms with Crippen LogP contribution in [0.3, 0.4) is 0 Å². The second-order valence-electron chi connectivity index (χ2n) is 6.41. The summed E-state index contributed by atoms with van der Waals surface area (Å²) in [4.78, 5) is 27.7. The molecule has 1 saturated heterocycles. The summed E-state index contributed by atoms with van der Waals surface area (Å²) in [6.45, 7) is 6.11. The normalized spacial score (nSPS) is 16.8. The van der Waals surface area contributed by atoms with Gasteiger partial charge in [0, 0.05) is 31.9 Å². The van der Waals surface area contributed by atoms with Crippen LogP contribution in [0.15, 0.2) is 0 Å². The molecule has 0 aromatic heterocycles. The number of nitrogens with one attached hydrogen (secondary N) is 1. The van der Waals surface area contributed by atoms with Crippen LogP contribution in [-0.2, 0) is 9.53 Å². The van der Waals surface area contributed by atoms with Crippen molar-refractivity contribution in [2.45, 2.75) is 13.3 Å². The number of hydrogen-bond acceptors (Lipinski definition) is 4. The Morgan fingerprint density at radius 2 is 1.95 bits per heavy atom. The van der Waals surface area contributed by atoms with Crippen LogP contribution in [-0.4, -0.2) is 92.2 Å². The van der Waals surface area contributed by atoms with Crippen LogP contribution < -0.4 is 5.32 Å². The van der Waals surface area contributed by atoms with E-state index in [2.05, 4.69) is 24.1 Å². The third-order valence-electron chi connectivity index (χ3n) is 3.58. The smallest absolute Gasteiger partial charge is 0.410 e. The van der Waals surface area contributed by atoms with E-state index in [0.29, 0.717) is 19.7 Å². The topological polar surface area (TPSA) is 61.9 Å². The lowest BCUT2D eigenvalue weighted by atomic mass is 10.3. The fourth-order valence-corrected chi connectivity index (χ4v) is 2.72. The summed E-state index contributed by atoms with van der Waals surface area (Å²) < 4.78 is 5.31. The van der Waals surface area contributed by atoms with Gasteiger partial charge in [-0.2, -0.15) is 0 Å². The minimum Gasteiger partial charge on any atom is -0.449 e. The Morgan fingerprint density at radius 3 is 2.59 bits per heavy atom. The molecule has 0 bridgehead atoms. The van der Waals surface area contributed by atoms with Crippen molar-refractivity contribution in [3.63, 3.8) is 0 Å². The largest absolute Gasteiger partial charge is 0.449 e. The molecule has 1 heterocycles. The highest BCUT2D eigenvalue weighted by molar-refractivity contribution is 8.32. The second-order valence-corrected chi connectivity index (χ2v) is 11.0. The van der Waals surface area contributed by atoms with Crippen molar-refractivity contribution >= 4 is 22.0 Å². The zero-order valence-corrected chi connectivity index (χ0v) is 15.2. The molecule has 0 aromatic carbocycles. The van der Waals surface area contributed by atoms with Gasteiger partial charge < -0.3 is 15.0 Å². The van der Waals surface area contributed by atoms with E-state index < -0.39 is 10.0 Å². The van der Waals surface area contributed by atoms with E-state index in [1.165, 1.54) is 4.90 Å². The lowest BCUT2D eigenvalue weighted by Gasteiger charge is -2.27. The minimum atomic E-state index is -0.674. The van der Waals surface area contributed by atoms with E-state index in [1.54, 1.807) is 0 Å². The van der Waals surface area contributed by atoms with Gasteiger partial charge in [0.2, 0.25) is 5.91 Å². The average Bonchev–Trinajstić information content (AvgIpc) is 2.72. The minimum absolute atomic E-state index is 0.00365. The number of carbonyl (C=O) groups excluding carboxylic acids is 2. The van der Waals surface area contributed by atoms with Gasteiger partial charge in [-0.1, -0.05) is 0 Å². The van der Waals surface area contributed by atoms with Gasteiger partial charge in [-0.25, -0.2) is 14.8 Å². The van der Waals surface area contributed by atoms with E-state index in [-0.39, 0.29) is 18.5 Å². The molecule has 0 aromatic rings. The van der Waals surface area contributed by atoms with Crippen LogP contribution in [0.2, 0.25) is 0 Å². The number of likely N-dealkylation sites (N-methyl/N-ethyl adjacent to an activating group) is 1. The summed E-state index contributed by atoms with van der Waals surface area (Å²) in [5.41, 5.74) is 0. The van der Waals surface area contributed by atoms with E-state index >= 15 is 0 Å². The summed E-state index contributed by atoms with van der Waals surface area (Å²) >= 11 is 0. The molecule has 1 fully saturated rings. The lowest BCUT2D eigenvalue weighted by molar-refractivity contribution is -0.131. The summed E-state index contributed by atoms with van der Waals surface area (Å²) in [7, 11) is -0.674. The Labute approximate surface area is 135 Å². The maximum atomic E-state index is 12.3. The van der Waals surface area contributed by atoms with Gasteiger partial charge in [-0.05, 0) is 38.7 Å². The van der Waals surface area contributed by atoms with Gasteiger partial charge in [0.05, 0.1) is 0 Å². The van der Waals surface area contributed by atoms with Crippen LogP contribution in [0.4, 0.5) is 4.79 Å². The van der Waals surface area contributed by atoms with E-state index in [4.69, 9.17) is 4.74 Å². The van der Waals surface area contributed by atoms with Gasteiger partial charge in [0.15, 0.2) is 0 Å². The van der Waals surface area contributed by atoms with Crippen molar-refractivity contribution in [2.75, 3.05) is 70.4 Å². The van der Waals surface area contributed by atoms with E-state index in [1.807, 2.05) is 11.8 Å². The first-order valence-corrected chi connectivity index (χ1v) is 10.9. The molecule has 130 valence electrons. The molecule has 1 N–H and O–H groups in total. The molecular weight excluding hydrogens is 302 g/mol. The second kappa shape index (κ2) is 9.25. The van der Waals surface area contributed by atoms with Gasteiger partial charge in [-0.15, -0.1) is 0 Å². The Bertz CT molecular complexity index is 364. The Kier molecular flexibility index (Phi) is 8.03. The summed E-state index contributed by atoms with van der Waals surface area (Å²) in [6.07, 6.45) is 7.14. The van der Waals surface area contributed by atoms with Gasteiger partial charge in [0.1, 0.15) is 13.2 Å². The number of hydrogen-bond donors (Lipinski definition) is 1. The molecule has 7 heteroatoms. The number of nitrogens with zero attached hydrogens (tertiary/aromatic N) is 2. The molecule has 0 spiro atoms. The standard InChI is InChI=1S/C15H31N3O3S/c1-5-17(15(20)21-11-12-22(2,3)4)13-14(19)18-9-6-7-16-8-10-18/h16H,5-13H2,1-4H3.